The van der Waals surface area contributed by atoms with Crippen LogP contribution >= 0.6 is 11.6 Å². The van der Waals surface area contributed by atoms with Gasteiger partial charge in [0.25, 0.3) is 0 Å². The Hall–Kier alpha value is -0.270. The second-order valence-corrected chi connectivity index (χ2v) is 9.79. The van der Waals surface area contributed by atoms with Crippen molar-refractivity contribution < 1.29 is 5.11 Å². The largest absolute Gasteiger partial charge is 0.389 e. The van der Waals surface area contributed by atoms with Gasteiger partial charge in [-0.3, -0.25) is 0 Å². The topological polar surface area (TPSA) is 20.2 Å². The van der Waals surface area contributed by atoms with Crippen molar-refractivity contribution in [1.82, 2.24) is 0 Å². The van der Waals surface area contributed by atoms with Crippen LogP contribution in [0.3, 0.4) is 0 Å². The van der Waals surface area contributed by atoms with Crippen molar-refractivity contribution in [2.24, 2.45) is 28.6 Å². The highest BCUT2D eigenvalue weighted by atomic mass is 35.5. The van der Waals surface area contributed by atoms with Crippen LogP contribution in [0.15, 0.2) is 22.8 Å². The highest BCUT2D eigenvalue weighted by molar-refractivity contribution is 6.19. The third-order valence-electron chi connectivity index (χ3n) is 8.59. The monoisotopic (exact) mass is 348 g/mol. The summed E-state index contributed by atoms with van der Waals surface area (Å²) in [6.07, 6.45) is 12.1. The molecule has 0 spiro atoms. The van der Waals surface area contributed by atoms with Gasteiger partial charge >= 0.3 is 0 Å². The van der Waals surface area contributed by atoms with Gasteiger partial charge in [-0.2, -0.15) is 0 Å². The van der Waals surface area contributed by atoms with Gasteiger partial charge in [-0.15, -0.1) is 11.6 Å². The molecular weight excluding hydrogens is 316 g/mol. The molecule has 0 aromatic heterocycles. The fourth-order valence-electron chi connectivity index (χ4n) is 7.30. The minimum Gasteiger partial charge on any atom is -0.389 e. The SMILES string of the molecule is C/C(CCl)=C1/CCC2C3CCC4=C[C@@H](O)CC[C@]4(C)C3CC[C@]12C. The van der Waals surface area contributed by atoms with Crippen LogP contribution in [0.1, 0.15) is 72.1 Å². The van der Waals surface area contributed by atoms with E-state index in [4.69, 9.17) is 11.6 Å². The lowest BCUT2D eigenvalue weighted by molar-refractivity contribution is -0.0315. The number of fused-ring (bicyclic) bond motifs is 5. The van der Waals surface area contributed by atoms with Gasteiger partial charge in [-0.1, -0.05) is 36.6 Å². The first-order valence-electron chi connectivity index (χ1n) is 10.0. The lowest BCUT2D eigenvalue weighted by Gasteiger charge is -2.58. The average molecular weight is 349 g/mol. The summed E-state index contributed by atoms with van der Waals surface area (Å²) in [5.74, 6) is 3.27. The van der Waals surface area contributed by atoms with E-state index in [-0.39, 0.29) is 6.10 Å². The van der Waals surface area contributed by atoms with Crippen LogP contribution in [-0.4, -0.2) is 17.1 Å². The molecule has 24 heavy (non-hydrogen) atoms. The number of halogens is 1. The fraction of sp³-hybridized carbons (Fsp3) is 0.818. The molecule has 0 bridgehead atoms. The highest BCUT2D eigenvalue weighted by Crippen LogP contribution is 2.66. The maximum absolute atomic E-state index is 10.1. The van der Waals surface area contributed by atoms with E-state index in [1.54, 1.807) is 11.1 Å². The zero-order chi connectivity index (χ0) is 17.1. The minimum atomic E-state index is -0.189. The Bertz CT molecular complexity index is 591. The summed E-state index contributed by atoms with van der Waals surface area (Å²) in [5.41, 5.74) is 5.50. The molecule has 1 nitrogen and oxygen atoms in total. The average Bonchev–Trinajstić information content (AvgIpc) is 2.92. The summed E-state index contributed by atoms with van der Waals surface area (Å²) in [4.78, 5) is 0. The van der Waals surface area contributed by atoms with Crippen LogP contribution in [0, 0.1) is 28.6 Å². The standard InChI is InChI=1S/C22H33ClO/c1-14(13-23)18-6-7-19-17-5-4-15-12-16(24)8-10-21(15,2)20(17)9-11-22(18,19)3/h12,16-17,19-20,24H,4-11,13H2,1-3H3/b18-14+/t16-,17?,19?,20?,21-,22+/m0/s1. The predicted octanol–water partition coefficient (Wildman–Crippen LogP) is 5.87. The second-order valence-electron chi connectivity index (χ2n) is 9.52. The molecule has 0 radical (unpaired) electrons. The molecule has 4 aliphatic carbocycles. The Kier molecular flexibility index (Phi) is 4.20. The third kappa shape index (κ3) is 2.30. The van der Waals surface area contributed by atoms with Crippen molar-refractivity contribution >= 4 is 11.6 Å². The molecule has 4 rings (SSSR count). The molecule has 3 unspecified atom stereocenters. The number of rotatable bonds is 1. The molecule has 0 aliphatic heterocycles. The second kappa shape index (κ2) is 5.88. The van der Waals surface area contributed by atoms with Gasteiger partial charge in [-0.05, 0) is 86.9 Å². The summed E-state index contributed by atoms with van der Waals surface area (Å²) in [7, 11) is 0. The lowest BCUT2D eigenvalue weighted by atomic mass is 9.47. The predicted molar refractivity (Wildman–Crippen MR) is 101 cm³/mol. The lowest BCUT2D eigenvalue weighted by Crippen LogP contribution is -2.49. The summed E-state index contributed by atoms with van der Waals surface area (Å²) in [6, 6.07) is 0. The number of aliphatic hydroxyl groups is 1. The van der Waals surface area contributed by atoms with Crippen molar-refractivity contribution in [2.75, 3.05) is 5.88 Å². The van der Waals surface area contributed by atoms with Crippen molar-refractivity contribution in [2.45, 2.75) is 78.2 Å². The minimum absolute atomic E-state index is 0.189. The molecule has 0 heterocycles. The van der Waals surface area contributed by atoms with Gasteiger partial charge in [0, 0.05) is 5.88 Å². The van der Waals surface area contributed by atoms with Crippen LogP contribution < -0.4 is 0 Å². The smallest absolute Gasteiger partial charge is 0.0724 e. The number of hydrogen-bond acceptors (Lipinski definition) is 1. The zero-order valence-corrected chi connectivity index (χ0v) is 16.3. The Morgan fingerprint density at radius 3 is 2.54 bits per heavy atom. The Morgan fingerprint density at radius 2 is 1.79 bits per heavy atom. The van der Waals surface area contributed by atoms with E-state index >= 15 is 0 Å². The number of allylic oxidation sites excluding steroid dienone is 3. The maximum atomic E-state index is 10.1. The molecule has 0 saturated heterocycles. The van der Waals surface area contributed by atoms with Gasteiger partial charge in [0.1, 0.15) is 0 Å². The van der Waals surface area contributed by atoms with Crippen molar-refractivity contribution in [3.8, 4) is 0 Å². The van der Waals surface area contributed by atoms with Gasteiger partial charge in [0.2, 0.25) is 0 Å². The summed E-state index contributed by atoms with van der Waals surface area (Å²) in [5, 5.41) is 10.1. The fourth-order valence-corrected chi connectivity index (χ4v) is 7.47. The van der Waals surface area contributed by atoms with E-state index in [9.17, 15) is 5.11 Å². The molecule has 3 fully saturated rings. The Labute approximate surface area is 152 Å². The van der Waals surface area contributed by atoms with Crippen molar-refractivity contribution in [3.63, 3.8) is 0 Å². The molecular formula is C22H33ClO. The van der Waals surface area contributed by atoms with Crippen LogP contribution in [0.5, 0.6) is 0 Å². The first-order valence-corrected chi connectivity index (χ1v) is 10.6. The van der Waals surface area contributed by atoms with Crippen molar-refractivity contribution in [3.05, 3.63) is 22.8 Å². The van der Waals surface area contributed by atoms with E-state index in [0.717, 1.165) is 24.2 Å². The summed E-state index contributed by atoms with van der Waals surface area (Å²) < 4.78 is 0. The molecule has 0 aromatic rings. The van der Waals surface area contributed by atoms with E-state index in [0.29, 0.717) is 16.7 Å². The van der Waals surface area contributed by atoms with E-state index < -0.39 is 0 Å². The van der Waals surface area contributed by atoms with Crippen molar-refractivity contribution in [1.29, 1.82) is 0 Å². The maximum Gasteiger partial charge on any atom is 0.0724 e. The first-order chi connectivity index (χ1) is 11.4. The summed E-state index contributed by atoms with van der Waals surface area (Å²) >= 11 is 6.20. The van der Waals surface area contributed by atoms with Crippen LogP contribution in [0.2, 0.25) is 0 Å². The van der Waals surface area contributed by atoms with Gasteiger partial charge < -0.3 is 5.11 Å². The van der Waals surface area contributed by atoms with Crippen LogP contribution in [0.4, 0.5) is 0 Å². The molecule has 0 aromatic carbocycles. The quantitative estimate of drug-likeness (QED) is 0.464. The number of hydrogen-bond donors (Lipinski definition) is 1. The molecule has 3 saturated carbocycles. The molecule has 4 aliphatic rings. The van der Waals surface area contributed by atoms with Crippen LogP contribution in [-0.2, 0) is 0 Å². The molecule has 2 heteroatoms. The number of aliphatic hydroxyl groups excluding tert-OH is 1. The van der Waals surface area contributed by atoms with E-state index in [1.807, 2.05) is 0 Å². The molecule has 134 valence electrons. The van der Waals surface area contributed by atoms with E-state index in [2.05, 4.69) is 26.8 Å². The van der Waals surface area contributed by atoms with Gasteiger partial charge in [0.05, 0.1) is 6.10 Å². The Balaban J connectivity index is 1.67. The van der Waals surface area contributed by atoms with Gasteiger partial charge in [-0.25, -0.2) is 0 Å². The van der Waals surface area contributed by atoms with Gasteiger partial charge in [0.15, 0.2) is 0 Å². The normalized spacial score (nSPS) is 49.8. The third-order valence-corrected chi connectivity index (χ3v) is 8.99. The van der Waals surface area contributed by atoms with Crippen LogP contribution in [0.25, 0.3) is 0 Å². The Morgan fingerprint density at radius 1 is 1.08 bits per heavy atom. The number of alkyl halides is 1. The molecule has 1 N–H and O–H groups in total. The van der Waals surface area contributed by atoms with E-state index in [1.165, 1.54) is 50.5 Å². The molecule has 6 atom stereocenters. The highest BCUT2D eigenvalue weighted by Gasteiger charge is 2.57. The first kappa shape index (κ1) is 17.2. The molecule has 0 amide bonds. The zero-order valence-electron chi connectivity index (χ0n) is 15.6. The summed E-state index contributed by atoms with van der Waals surface area (Å²) in [6.45, 7) is 7.32.